The van der Waals surface area contributed by atoms with Crippen molar-refractivity contribution in [3.05, 3.63) is 34.9 Å². The van der Waals surface area contributed by atoms with E-state index < -0.39 is 23.8 Å². The summed E-state index contributed by atoms with van der Waals surface area (Å²) in [5, 5.41) is 9.80. The van der Waals surface area contributed by atoms with Crippen molar-refractivity contribution >= 4 is 0 Å². The third-order valence-corrected chi connectivity index (χ3v) is 2.88. The molecule has 0 aromatic heterocycles. The summed E-state index contributed by atoms with van der Waals surface area (Å²) in [5.74, 6) is -1.25. The summed E-state index contributed by atoms with van der Waals surface area (Å²) >= 11 is 0. The Morgan fingerprint density at radius 1 is 1.33 bits per heavy atom. The maximum Gasteiger partial charge on any atom is 0.129 e. The van der Waals surface area contributed by atoms with Crippen LogP contribution < -0.4 is 5.73 Å². The molecule has 3 N–H and O–H groups in total. The van der Waals surface area contributed by atoms with Crippen molar-refractivity contribution < 1.29 is 13.9 Å². The normalized spacial score (nSPS) is 25.9. The van der Waals surface area contributed by atoms with Crippen LogP contribution in [0.25, 0.3) is 0 Å². The van der Waals surface area contributed by atoms with Gasteiger partial charge < -0.3 is 10.8 Å². The van der Waals surface area contributed by atoms with Crippen molar-refractivity contribution in [3.8, 4) is 0 Å². The highest BCUT2D eigenvalue weighted by atomic mass is 19.1. The number of nitrogens with two attached hydrogens (primary N) is 1. The number of hydrogen-bond donors (Lipinski definition) is 2. The van der Waals surface area contributed by atoms with Crippen LogP contribution in [0, 0.1) is 11.6 Å². The zero-order valence-electron chi connectivity index (χ0n) is 8.21. The smallest absolute Gasteiger partial charge is 0.129 e. The summed E-state index contributed by atoms with van der Waals surface area (Å²) in [6.07, 6.45) is 0.879. The first-order chi connectivity index (χ1) is 7.09. The highest BCUT2D eigenvalue weighted by Crippen LogP contribution is 2.30. The Morgan fingerprint density at radius 3 is 2.80 bits per heavy atom. The van der Waals surface area contributed by atoms with E-state index in [1.165, 1.54) is 6.07 Å². The molecule has 0 spiro atoms. The van der Waals surface area contributed by atoms with Crippen LogP contribution in [0.5, 0.6) is 0 Å². The fraction of sp³-hybridized carbons (Fsp3) is 0.455. The monoisotopic (exact) mass is 213 g/mol. The maximum absolute atomic E-state index is 13.4. The number of rotatable bonds is 0. The third kappa shape index (κ3) is 1.87. The number of halogens is 2. The summed E-state index contributed by atoms with van der Waals surface area (Å²) in [7, 11) is 0. The summed E-state index contributed by atoms with van der Waals surface area (Å²) < 4.78 is 26.4. The summed E-state index contributed by atoms with van der Waals surface area (Å²) in [5.41, 5.74) is 6.40. The second-order valence-corrected chi connectivity index (χ2v) is 3.96. The summed E-state index contributed by atoms with van der Waals surface area (Å²) in [4.78, 5) is 0. The summed E-state index contributed by atoms with van der Waals surface area (Å²) in [6, 6.07) is 1.59. The molecule has 1 aromatic carbocycles. The van der Waals surface area contributed by atoms with E-state index in [0.29, 0.717) is 30.4 Å². The van der Waals surface area contributed by atoms with E-state index >= 15 is 0 Å². The topological polar surface area (TPSA) is 46.2 Å². The average Bonchev–Trinajstić information content (AvgIpc) is 2.30. The van der Waals surface area contributed by atoms with Gasteiger partial charge in [-0.05, 0) is 36.5 Å². The fourth-order valence-electron chi connectivity index (χ4n) is 2.05. The lowest BCUT2D eigenvalue weighted by molar-refractivity contribution is 0.143. The molecule has 1 aliphatic carbocycles. The lowest BCUT2D eigenvalue weighted by atomic mass is 9.98. The molecule has 1 aliphatic rings. The molecule has 0 unspecified atom stereocenters. The highest BCUT2D eigenvalue weighted by Gasteiger charge is 2.25. The van der Waals surface area contributed by atoms with Crippen molar-refractivity contribution in [2.24, 2.45) is 5.73 Å². The second kappa shape index (κ2) is 3.87. The Morgan fingerprint density at radius 2 is 2.07 bits per heavy atom. The van der Waals surface area contributed by atoms with Crippen LogP contribution in [0.15, 0.2) is 12.1 Å². The van der Waals surface area contributed by atoms with E-state index in [4.69, 9.17) is 5.73 Å². The van der Waals surface area contributed by atoms with Gasteiger partial charge in [-0.15, -0.1) is 0 Å². The van der Waals surface area contributed by atoms with Crippen LogP contribution in [0.1, 0.15) is 30.1 Å². The largest absolute Gasteiger partial charge is 0.387 e. The molecular weight excluding hydrogens is 200 g/mol. The number of aliphatic hydroxyl groups is 1. The van der Waals surface area contributed by atoms with Gasteiger partial charge in [0.1, 0.15) is 11.6 Å². The van der Waals surface area contributed by atoms with E-state index in [0.717, 1.165) is 6.07 Å². The predicted octanol–water partition coefficient (Wildman–Crippen LogP) is 1.66. The molecule has 0 saturated carbocycles. The van der Waals surface area contributed by atoms with Gasteiger partial charge in [0.25, 0.3) is 0 Å². The Labute approximate surface area is 86.7 Å². The molecule has 2 nitrogen and oxygen atoms in total. The van der Waals surface area contributed by atoms with Crippen molar-refractivity contribution in [1.29, 1.82) is 0 Å². The molecule has 0 aliphatic heterocycles. The standard InChI is InChI=1S/C11H13F2NO/c12-6-4-8-7(9(13)5-6)2-1-3-10(14)11(8)15/h4-5,10-11,15H,1-3,14H2/t10-,11-/m1/s1. The number of fused-ring (bicyclic) bond motifs is 1. The zero-order chi connectivity index (χ0) is 11.0. The quantitative estimate of drug-likeness (QED) is 0.644. The highest BCUT2D eigenvalue weighted by molar-refractivity contribution is 5.33. The van der Waals surface area contributed by atoms with E-state index in [9.17, 15) is 13.9 Å². The van der Waals surface area contributed by atoms with Crippen LogP contribution >= 0.6 is 0 Å². The van der Waals surface area contributed by atoms with Gasteiger partial charge in [-0.3, -0.25) is 0 Å². The van der Waals surface area contributed by atoms with E-state index in [1.54, 1.807) is 0 Å². The molecule has 0 amide bonds. The number of hydrogen-bond acceptors (Lipinski definition) is 2. The first-order valence-electron chi connectivity index (χ1n) is 5.01. The average molecular weight is 213 g/mol. The van der Waals surface area contributed by atoms with Crippen LogP contribution in [-0.2, 0) is 6.42 Å². The first-order valence-corrected chi connectivity index (χ1v) is 5.01. The van der Waals surface area contributed by atoms with Crippen LogP contribution in [0.2, 0.25) is 0 Å². The van der Waals surface area contributed by atoms with E-state index in [2.05, 4.69) is 0 Å². The van der Waals surface area contributed by atoms with Gasteiger partial charge in [0.05, 0.1) is 6.10 Å². The third-order valence-electron chi connectivity index (χ3n) is 2.88. The van der Waals surface area contributed by atoms with Gasteiger partial charge in [0.2, 0.25) is 0 Å². The lowest BCUT2D eigenvalue weighted by Crippen LogP contribution is -2.27. The van der Waals surface area contributed by atoms with E-state index in [1.807, 2.05) is 0 Å². The second-order valence-electron chi connectivity index (χ2n) is 3.96. The molecule has 0 radical (unpaired) electrons. The van der Waals surface area contributed by atoms with Crippen molar-refractivity contribution in [2.45, 2.75) is 31.4 Å². The molecule has 0 fully saturated rings. The minimum Gasteiger partial charge on any atom is -0.387 e. The molecule has 2 rings (SSSR count). The van der Waals surface area contributed by atoms with Gasteiger partial charge in [-0.25, -0.2) is 8.78 Å². The van der Waals surface area contributed by atoms with Crippen molar-refractivity contribution in [3.63, 3.8) is 0 Å². The Hall–Kier alpha value is -1.00. The molecule has 82 valence electrons. The number of benzene rings is 1. The predicted molar refractivity (Wildman–Crippen MR) is 52.2 cm³/mol. The fourth-order valence-corrected chi connectivity index (χ4v) is 2.05. The summed E-state index contributed by atoms with van der Waals surface area (Å²) in [6.45, 7) is 0. The Balaban J connectivity index is 2.53. The Bertz CT molecular complexity index is 381. The van der Waals surface area contributed by atoms with E-state index in [-0.39, 0.29) is 0 Å². The molecule has 0 bridgehead atoms. The van der Waals surface area contributed by atoms with Gasteiger partial charge in [0.15, 0.2) is 0 Å². The van der Waals surface area contributed by atoms with Gasteiger partial charge in [0, 0.05) is 12.1 Å². The van der Waals surface area contributed by atoms with Gasteiger partial charge in [-0.2, -0.15) is 0 Å². The van der Waals surface area contributed by atoms with Crippen LogP contribution in [0.3, 0.4) is 0 Å². The molecule has 4 heteroatoms. The minimum atomic E-state index is -0.965. The number of aliphatic hydroxyl groups excluding tert-OH is 1. The first kappa shape index (κ1) is 10.5. The molecular formula is C11H13F2NO. The Kier molecular flexibility index (Phi) is 2.71. The minimum absolute atomic E-state index is 0.303. The molecule has 15 heavy (non-hydrogen) atoms. The maximum atomic E-state index is 13.4. The molecule has 0 saturated heterocycles. The van der Waals surface area contributed by atoms with Gasteiger partial charge in [-0.1, -0.05) is 0 Å². The van der Waals surface area contributed by atoms with Crippen molar-refractivity contribution in [1.82, 2.24) is 0 Å². The zero-order valence-corrected chi connectivity index (χ0v) is 8.21. The molecule has 0 heterocycles. The van der Waals surface area contributed by atoms with Crippen molar-refractivity contribution in [2.75, 3.05) is 0 Å². The molecule has 1 aromatic rings. The lowest BCUT2D eigenvalue weighted by Gasteiger charge is -2.17. The van der Waals surface area contributed by atoms with Crippen LogP contribution in [0.4, 0.5) is 8.78 Å². The SMILES string of the molecule is N[C@@H]1CCCc2c(F)cc(F)cc2[C@H]1O. The molecule has 2 atom stereocenters. The van der Waals surface area contributed by atoms with Crippen LogP contribution in [-0.4, -0.2) is 11.1 Å². The van der Waals surface area contributed by atoms with Gasteiger partial charge >= 0.3 is 0 Å².